The quantitative estimate of drug-likeness (QED) is 0.673. The number of carbonyl (C=O) groups excluding carboxylic acids is 1. The van der Waals surface area contributed by atoms with Crippen LogP contribution in [0.15, 0.2) is 0 Å². The molecule has 0 saturated carbocycles. The summed E-state index contributed by atoms with van der Waals surface area (Å²) in [6.45, 7) is 5.00. The lowest BCUT2D eigenvalue weighted by atomic mass is 10.0. The van der Waals surface area contributed by atoms with Gasteiger partial charge in [0.25, 0.3) is 0 Å². The molecule has 2 heterocycles. The van der Waals surface area contributed by atoms with Gasteiger partial charge < -0.3 is 10.6 Å². The number of hydrogen-bond donors (Lipinski definition) is 2. The first kappa shape index (κ1) is 10.9. The summed E-state index contributed by atoms with van der Waals surface area (Å²) in [6, 6.07) is 0.645. The Morgan fingerprint density at radius 3 is 3.00 bits per heavy atom. The van der Waals surface area contributed by atoms with Crippen LogP contribution in [0.4, 0.5) is 0 Å². The van der Waals surface area contributed by atoms with Gasteiger partial charge in [-0.1, -0.05) is 6.42 Å². The minimum atomic E-state index is 0.203. The summed E-state index contributed by atoms with van der Waals surface area (Å²) in [6.07, 6.45) is 4.61. The standard InChI is InChI=1S/C11H21N3O/c15-11-4-7-14(8-6-13-11)9-10-3-1-2-5-12-10/h10,12H,1-9H2,(H,13,15). The van der Waals surface area contributed by atoms with Gasteiger partial charge >= 0.3 is 0 Å². The van der Waals surface area contributed by atoms with Crippen molar-refractivity contribution in [2.45, 2.75) is 31.7 Å². The first-order valence-corrected chi connectivity index (χ1v) is 6.07. The molecule has 1 unspecified atom stereocenters. The van der Waals surface area contributed by atoms with Crippen LogP contribution in [0.25, 0.3) is 0 Å². The lowest BCUT2D eigenvalue weighted by Crippen LogP contribution is -2.44. The molecule has 15 heavy (non-hydrogen) atoms. The highest BCUT2D eigenvalue weighted by molar-refractivity contribution is 5.76. The maximum Gasteiger partial charge on any atom is 0.221 e. The Balaban J connectivity index is 1.75. The van der Waals surface area contributed by atoms with Crippen LogP contribution in [0.3, 0.4) is 0 Å². The predicted octanol–water partition coefficient (Wildman–Crippen LogP) is -0.0496. The molecular formula is C11H21N3O. The number of rotatable bonds is 2. The second-order valence-corrected chi connectivity index (χ2v) is 4.55. The van der Waals surface area contributed by atoms with Gasteiger partial charge in [0.05, 0.1) is 0 Å². The molecular weight excluding hydrogens is 190 g/mol. The molecule has 0 bridgehead atoms. The highest BCUT2D eigenvalue weighted by Crippen LogP contribution is 2.09. The minimum absolute atomic E-state index is 0.203. The monoisotopic (exact) mass is 211 g/mol. The molecule has 2 saturated heterocycles. The molecule has 2 aliphatic rings. The van der Waals surface area contributed by atoms with Crippen LogP contribution in [-0.4, -0.2) is 49.6 Å². The molecule has 1 amide bonds. The largest absolute Gasteiger partial charge is 0.355 e. The summed E-state index contributed by atoms with van der Waals surface area (Å²) in [5.41, 5.74) is 0. The van der Waals surface area contributed by atoms with Crippen molar-refractivity contribution in [3.8, 4) is 0 Å². The van der Waals surface area contributed by atoms with Crippen molar-refractivity contribution in [1.29, 1.82) is 0 Å². The van der Waals surface area contributed by atoms with Gasteiger partial charge in [-0.25, -0.2) is 0 Å². The molecule has 1 atom stereocenters. The summed E-state index contributed by atoms with van der Waals surface area (Å²) >= 11 is 0. The molecule has 2 N–H and O–H groups in total. The predicted molar refractivity (Wildman–Crippen MR) is 59.7 cm³/mol. The van der Waals surface area contributed by atoms with E-state index in [1.54, 1.807) is 0 Å². The second kappa shape index (κ2) is 5.47. The normalized spacial score (nSPS) is 29.6. The van der Waals surface area contributed by atoms with Crippen molar-refractivity contribution >= 4 is 5.91 Å². The Bertz CT molecular complexity index is 214. The van der Waals surface area contributed by atoms with Crippen LogP contribution in [0.2, 0.25) is 0 Å². The zero-order chi connectivity index (χ0) is 10.5. The van der Waals surface area contributed by atoms with Crippen LogP contribution in [0.5, 0.6) is 0 Å². The molecule has 0 aromatic heterocycles. The highest BCUT2D eigenvalue weighted by atomic mass is 16.1. The molecule has 2 rings (SSSR count). The smallest absolute Gasteiger partial charge is 0.221 e. The van der Waals surface area contributed by atoms with E-state index >= 15 is 0 Å². The topological polar surface area (TPSA) is 44.4 Å². The maximum absolute atomic E-state index is 11.2. The van der Waals surface area contributed by atoms with Crippen LogP contribution in [-0.2, 0) is 4.79 Å². The minimum Gasteiger partial charge on any atom is -0.355 e. The van der Waals surface area contributed by atoms with Gasteiger partial charge in [0.1, 0.15) is 0 Å². The Kier molecular flexibility index (Phi) is 3.97. The Morgan fingerprint density at radius 2 is 2.20 bits per heavy atom. The molecule has 2 aliphatic heterocycles. The average Bonchev–Trinajstić information content (AvgIpc) is 2.46. The van der Waals surface area contributed by atoms with Crippen molar-refractivity contribution in [2.75, 3.05) is 32.7 Å². The molecule has 0 aliphatic carbocycles. The molecule has 2 fully saturated rings. The van der Waals surface area contributed by atoms with E-state index < -0.39 is 0 Å². The van der Waals surface area contributed by atoms with Crippen molar-refractivity contribution < 1.29 is 4.79 Å². The Labute approximate surface area is 91.4 Å². The molecule has 4 heteroatoms. The molecule has 86 valence electrons. The van der Waals surface area contributed by atoms with E-state index in [0.29, 0.717) is 12.5 Å². The van der Waals surface area contributed by atoms with Crippen molar-refractivity contribution in [2.24, 2.45) is 0 Å². The fourth-order valence-electron chi connectivity index (χ4n) is 2.39. The summed E-state index contributed by atoms with van der Waals surface area (Å²) < 4.78 is 0. The zero-order valence-electron chi connectivity index (χ0n) is 9.30. The number of nitrogens with one attached hydrogen (secondary N) is 2. The summed E-state index contributed by atoms with van der Waals surface area (Å²) in [4.78, 5) is 13.6. The molecule has 0 radical (unpaired) electrons. The third-order valence-corrected chi connectivity index (χ3v) is 3.30. The molecule has 0 spiro atoms. The van der Waals surface area contributed by atoms with Gasteiger partial charge in [-0.2, -0.15) is 0 Å². The van der Waals surface area contributed by atoms with E-state index in [9.17, 15) is 4.79 Å². The number of piperidine rings is 1. The highest BCUT2D eigenvalue weighted by Gasteiger charge is 2.18. The number of carbonyl (C=O) groups is 1. The van der Waals surface area contributed by atoms with Gasteiger partial charge in [-0.3, -0.25) is 9.69 Å². The first-order valence-electron chi connectivity index (χ1n) is 6.07. The summed E-state index contributed by atoms with van der Waals surface area (Å²) in [5.74, 6) is 0.203. The van der Waals surface area contributed by atoms with E-state index in [0.717, 1.165) is 32.7 Å². The van der Waals surface area contributed by atoms with Crippen molar-refractivity contribution in [3.63, 3.8) is 0 Å². The zero-order valence-corrected chi connectivity index (χ0v) is 9.30. The van der Waals surface area contributed by atoms with Gasteiger partial charge in [0, 0.05) is 38.6 Å². The van der Waals surface area contributed by atoms with Crippen LogP contribution in [0.1, 0.15) is 25.7 Å². The fraction of sp³-hybridized carbons (Fsp3) is 0.909. The van der Waals surface area contributed by atoms with E-state index in [2.05, 4.69) is 15.5 Å². The van der Waals surface area contributed by atoms with Gasteiger partial charge in [0.15, 0.2) is 0 Å². The van der Waals surface area contributed by atoms with Gasteiger partial charge in [-0.05, 0) is 19.4 Å². The van der Waals surface area contributed by atoms with Crippen LogP contribution < -0.4 is 10.6 Å². The SMILES string of the molecule is O=C1CCN(CC2CCCCN2)CCN1. The van der Waals surface area contributed by atoms with E-state index in [4.69, 9.17) is 0 Å². The summed E-state index contributed by atoms with van der Waals surface area (Å²) in [5, 5.41) is 6.46. The number of nitrogens with zero attached hydrogens (tertiary/aromatic N) is 1. The molecule has 0 aromatic rings. The third kappa shape index (κ3) is 3.47. The van der Waals surface area contributed by atoms with Gasteiger partial charge in [-0.15, -0.1) is 0 Å². The van der Waals surface area contributed by atoms with Crippen LogP contribution in [0, 0.1) is 0 Å². The van der Waals surface area contributed by atoms with E-state index in [-0.39, 0.29) is 5.91 Å². The summed E-state index contributed by atoms with van der Waals surface area (Å²) in [7, 11) is 0. The number of amides is 1. The fourth-order valence-corrected chi connectivity index (χ4v) is 2.39. The Morgan fingerprint density at radius 1 is 1.27 bits per heavy atom. The van der Waals surface area contributed by atoms with Crippen molar-refractivity contribution in [1.82, 2.24) is 15.5 Å². The van der Waals surface area contributed by atoms with E-state index in [1.807, 2.05) is 0 Å². The van der Waals surface area contributed by atoms with E-state index in [1.165, 1.54) is 19.3 Å². The van der Waals surface area contributed by atoms with Gasteiger partial charge in [0.2, 0.25) is 5.91 Å². The first-order chi connectivity index (χ1) is 7.34. The van der Waals surface area contributed by atoms with Crippen LogP contribution >= 0.6 is 0 Å². The maximum atomic E-state index is 11.2. The second-order valence-electron chi connectivity index (χ2n) is 4.55. The number of hydrogen-bond acceptors (Lipinski definition) is 3. The average molecular weight is 211 g/mol. The third-order valence-electron chi connectivity index (χ3n) is 3.30. The lowest BCUT2D eigenvalue weighted by Gasteiger charge is -2.29. The van der Waals surface area contributed by atoms with Crippen molar-refractivity contribution in [3.05, 3.63) is 0 Å². The molecule has 0 aromatic carbocycles. The lowest BCUT2D eigenvalue weighted by molar-refractivity contribution is -0.120. The Hall–Kier alpha value is -0.610. The molecule has 4 nitrogen and oxygen atoms in total.